The molecule has 1 fully saturated rings. The van der Waals surface area contributed by atoms with Gasteiger partial charge < -0.3 is 0 Å². The summed E-state index contributed by atoms with van der Waals surface area (Å²) in [4.78, 5) is 2.59. The number of hydrogen-bond donors (Lipinski definition) is 0. The van der Waals surface area contributed by atoms with E-state index in [1.165, 1.54) is 35.8 Å². The van der Waals surface area contributed by atoms with Crippen molar-refractivity contribution in [3.8, 4) is 0 Å². The number of halogens is 2. The molecule has 1 atom stereocenters. The summed E-state index contributed by atoms with van der Waals surface area (Å²) in [6, 6.07) is 9.29. The van der Waals surface area contributed by atoms with Crippen LogP contribution >= 0.6 is 27.5 Å². The van der Waals surface area contributed by atoms with Gasteiger partial charge in [-0.1, -0.05) is 34.5 Å². The van der Waals surface area contributed by atoms with E-state index < -0.39 is 0 Å². The molecule has 0 amide bonds. The van der Waals surface area contributed by atoms with Gasteiger partial charge in [0.05, 0.1) is 0 Å². The van der Waals surface area contributed by atoms with Crippen LogP contribution in [-0.4, -0.2) is 23.4 Å². The number of nitrogens with zero attached hydrogens (tertiary/aromatic N) is 1. The predicted octanol–water partition coefficient (Wildman–Crippen LogP) is 4.43. The van der Waals surface area contributed by atoms with Gasteiger partial charge in [0.25, 0.3) is 0 Å². The molecule has 0 radical (unpaired) electrons. The van der Waals surface area contributed by atoms with E-state index in [1.807, 2.05) is 0 Å². The molecule has 3 heteroatoms. The van der Waals surface area contributed by atoms with Crippen molar-refractivity contribution in [3.63, 3.8) is 0 Å². The Morgan fingerprint density at radius 3 is 3.00 bits per heavy atom. The summed E-state index contributed by atoms with van der Waals surface area (Å²) in [5, 5.41) is 0. The van der Waals surface area contributed by atoms with E-state index in [0.29, 0.717) is 6.04 Å². The van der Waals surface area contributed by atoms with Crippen molar-refractivity contribution in [1.82, 2.24) is 4.90 Å². The first-order chi connectivity index (χ1) is 8.29. The lowest BCUT2D eigenvalue weighted by molar-refractivity contribution is 0.137. The summed E-state index contributed by atoms with van der Waals surface area (Å²) in [6.45, 7) is 2.27. The van der Waals surface area contributed by atoms with Gasteiger partial charge in [-0.2, -0.15) is 0 Å². The Bertz CT molecular complexity index is 354. The van der Waals surface area contributed by atoms with Crippen molar-refractivity contribution >= 4 is 27.5 Å². The maximum Gasteiger partial charge on any atom is 0.0238 e. The number of benzene rings is 1. The molecule has 0 saturated carbocycles. The third kappa shape index (κ3) is 3.97. The molecular formula is C14H19BrClN. The quantitative estimate of drug-likeness (QED) is 0.743. The van der Waals surface area contributed by atoms with Gasteiger partial charge in [0.2, 0.25) is 0 Å². The molecule has 2 rings (SSSR count). The third-order valence-electron chi connectivity index (χ3n) is 3.47. The van der Waals surface area contributed by atoms with Crippen molar-refractivity contribution in [1.29, 1.82) is 0 Å². The highest BCUT2D eigenvalue weighted by Gasteiger charge is 2.21. The second-order valence-corrected chi connectivity index (χ2v) is 6.02. The first kappa shape index (κ1) is 13.4. The highest BCUT2D eigenvalue weighted by Crippen LogP contribution is 2.23. The molecule has 0 aliphatic carbocycles. The molecule has 1 heterocycles. The number of rotatable bonds is 4. The highest BCUT2D eigenvalue weighted by atomic mass is 79.9. The summed E-state index contributed by atoms with van der Waals surface area (Å²) in [7, 11) is 0. The molecule has 0 N–H and O–H groups in total. The molecule has 17 heavy (non-hydrogen) atoms. The van der Waals surface area contributed by atoms with Crippen molar-refractivity contribution in [2.45, 2.75) is 38.3 Å². The monoisotopic (exact) mass is 315 g/mol. The average molecular weight is 317 g/mol. The maximum atomic E-state index is 5.89. The van der Waals surface area contributed by atoms with Crippen LogP contribution in [0.5, 0.6) is 0 Å². The molecule has 1 aromatic rings. The van der Waals surface area contributed by atoms with Gasteiger partial charge in [0.15, 0.2) is 0 Å². The van der Waals surface area contributed by atoms with E-state index in [2.05, 4.69) is 45.1 Å². The Kier molecular flexibility index (Phi) is 5.33. The van der Waals surface area contributed by atoms with Gasteiger partial charge in [0, 0.05) is 22.9 Å². The Labute approximate surface area is 117 Å². The van der Waals surface area contributed by atoms with Crippen molar-refractivity contribution in [2.75, 3.05) is 12.4 Å². The van der Waals surface area contributed by atoms with Crippen LogP contribution in [0.4, 0.5) is 0 Å². The standard InChI is InChI=1S/C14H19BrClN/c15-13-5-3-4-12(10-13)11-17-9-2-1-6-14(17)7-8-16/h3-5,10,14H,1-2,6-9,11H2. The van der Waals surface area contributed by atoms with Gasteiger partial charge in [0.1, 0.15) is 0 Å². The Balaban J connectivity index is 2.00. The van der Waals surface area contributed by atoms with E-state index in [9.17, 15) is 0 Å². The van der Waals surface area contributed by atoms with Crippen LogP contribution < -0.4 is 0 Å². The smallest absolute Gasteiger partial charge is 0.0238 e. The number of alkyl halides is 1. The van der Waals surface area contributed by atoms with E-state index >= 15 is 0 Å². The highest BCUT2D eigenvalue weighted by molar-refractivity contribution is 9.10. The lowest BCUT2D eigenvalue weighted by Gasteiger charge is -2.35. The molecular weight excluding hydrogens is 298 g/mol. The maximum absolute atomic E-state index is 5.89. The number of likely N-dealkylation sites (tertiary alicyclic amines) is 1. The van der Waals surface area contributed by atoms with Gasteiger partial charge in [-0.05, 0) is 43.5 Å². The van der Waals surface area contributed by atoms with Gasteiger partial charge in [-0.25, -0.2) is 0 Å². The molecule has 0 spiro atoms. The predicted molar refractivity (Wildman–Crippen MR) is 77.5 cm³/mol. The van der Waals surface area contributed by atoms with Crippen LogP contribution in [0.3, 0.4) is 0 Å². The van der Waals surface area contributed by atoms with Crippen LogP contribution in [0.1, 0.15) is 31.2 Å². The Morgan fingerprint density at radius 2 is 2.24 bits per heavy atom. The van der Waals surface area contributed by atoms with E-state index in [1.54, 1.807) is 0 Å². The summed E-state index contributed by atoms with van der Waals surface area (Å²) in [5.41, 5.74) is 1.39. The lowest BCUT2D eigenvalue weighted by Crippen LogP contribution is -2.39. The number of hydrogen-bond acceptors (Lipinski definition) is 1. The minimum Gasteiger partial charge on any atom is -0.296 e. The molecule has 0 bridgehead atoms. The lowest BCUT2D eigenvalue weighted by atomic mass is 9.99. The summed E-state index contributed by atoms with van der Waals surface area (Å²) >= 11 is 9.43. The average Bonchev–Trinajstić information content (AvgIpc) is 2.32. The molecule has 0 aromatic heterocycles. The fourth-order valence-corrected chi connectivity index (χ4v) is 3.29. The normalized spacial score (nSPS) is 21.6. The Morgan fingerprint density at radius 1 is 1.35 bits per heavy atom. The van der Waals surface area contributed by atoms with E-state index in [-0.39, 0.29) is 0 Å². The second kappa shape index (κ2) is 6.77. The van der Waals surface area contributed by atoms with Crippen LogP contribution in [0.15, 0.2) is 28.7 Å². The molecule has 1 saturated heterocycles. The molecule has 1 aromatic carbocycles. The fraction of sp³-hybridized carbons (Fsp3) is 0.571. The Hall–Kier alpha value is -0.0500. The number of piperidine rings is 1. The van der Waals surface area contributed by atoms with Gasteiger partial charge >= 0.3 is 0 Å². The summed E-state index contributed by atoms with van der Waals surface area (Å²) in [5.74, 6) is 0.777. The third-order valence-corrected chi connectivity index (χ3v) is 4.18. The van der Waals surface area contributed by atoms with E-state index in [0.717, 1.165) is 18.8 Å². The zero-order valence-corrected chi connectivity index (χ0v) is 12.4. The van der Waals surface area contributed by atoms with Crippen LogP contribution in [0.2, 0.25) is 0 Å². The molecule has 94 valence electrons. The molecule has 1 unspecified atom stereocenters. The SMILES string of the molecule is ClCCC1CCCCN1Cc1cccc(Br)c1. The summed E-state index contributed by atoms with van der Waals surface area (Å²) in [6.07, 6.45) is 5.11. The zero-order chi connectivity index (χ0) is 12.1. The molecule has 1 aliphatic rings. The topological polar surface area (TPSA) is 3.24 Å². The van der Waals surface area contributed by atoms with Crippen LogP contribution in [-0.2, 0) is 6.54 Å². The van der Waals surface area contributed by atoms with Crippen LogP contribution in [0.25, 0.3) is 0 Å². The largest absolute Gasteiger partial charge is 0.296 e. The summed E-state index contributed by atoms with van der Waals surface area (Å²) < 4.78 is 1.17. The first-order valence-corrected chi connectivity index (χ1v) is 7.67. The van der Waals surface area contributed by atoms with E-state index in [4.69, 9.17) is 11.6 Å². The first-order valence-electron chi connectivity index (χ1n) is 6.34. The van der Waals surface area contributed by atoms with Crippen molar-refractivity contribution in [3.05, 3.63) is 34.3 Å². The molecule has 1 nitrogen and oxygen atoms in total. The van der Waals surface area contributed by atoms with Crippen molar-refractivity contribution in [2.24, 2.45) is 0 Å². The molecule has 1 aliphatic heterocycles. The van der Waals surface area contributed by atoms with Gasteiger partial charge in [-0.15, -0.1) is 11.6 Å². The van der Waals surface area contributed by atoms with Gasteiger partial charge in [-0.3, -0.25) is 4.90 Å². The zero-order valence-electron chi connectivity index (χ0n) is 10.0. The minimum absolute atomic E-state index is 0.681. The van der Waals surface area contributed by atoms with Crippen LogP contribution in [0, 0.1) is 0 Å². The van der Waals surface area contributed by atoms with Crippen molar-refractivity contribution < 1.29 is 0 Å². The fourth-order valence-electron chi connectivity index (χ4n) is 2.59. The minimum atomic E-state index is 0.681. The second-order valence-electron chi connectivity index (χ2n) is 4.73.